The van der Waals surface area contributed by atoms with Gasteiger partial charge in [-0.15, -0.1) is 10.2 Å². The lowest BCUT2D eigenvalue weighted by atomic mass is 10.2. The van der Waals surface area contributed by atoms with Crippen molar-refractivity contribution in [2.45, 2.75) is 17.1 Å². The standard InChI is InChI=1S/C13H11F3N6S/c1-22-11(13(14,15)16)20-21-12(22)23-6-9-18-8-5-3-2-4-7(8)10(17)19-9/h2-5H,6H2,1H3,(H2,17,18,19). The molecule has 10 heteroatoms. The van der Waals surface area contributed by atoms with Crippen LogP contribution in [0.1, 0.15) is 11.6 Å². The van der Waals surface area contributed by atoms with Crippen molar-refractivity contribution in [2.24, 2.45) is 7.05 Å². The van der Waals surface area contributed by atoms with Gasteiger partial charge in [0, 0.05) is 12.4 Å². The van der Waals surface area contributed by atoms with Gasteiger partial charge in [-0.2, -0.15) is 13.2 Å². The Bertz CT molecular complexity index is 861. The molecule has 0 unspecified atom stereocenters. The van der Waals surface area contributed by atoms with Crippen molar-refractivity contribution in [3.63, 3.8) is 0 Å². The van der Waals surface area contributed by atoms with Crippen LogP contribution in [0, 0.1) is 0 Å². The smallest absolute Gasteiger partial charge is 0.383 e. The van der Waals surface area contributed by atoms with E-state index in [1.807, 2.05) is 12.1 Å². The number of hydrogen-bond acceptors (Lipinski definition) is 6. The molecule has 2 heterocycles. The van der Waals surface area contributed by atoms with E-state index >= 15 is 0 Å². The number of para-hydroxylation sites is 1. The molecule has 3 aromatic rings. The van der Waals surface area contributed by atoms with Crippen LogP contribution in [0.2, 0.25) is 0 Å². The lowest BCUT2D eigenvalue weighted by Crippen LogP contribution is -2.13. The van der Waals surface area contributed by atoms with Crippen LogP contribution >= 0.6 is 11.8 Å². The maximum Gasteiger partial charge on any atom is 0.451 e. The molecule has 3 rings (SSSR count). The van der Waals surface area contributed by atoms with Gasteiger partial charge in [-0.3, -0.25) is 0 Å². The first kappa shape index (κ1) is 15.5. The third-order valence-corrected chi connectivity index (χ3v) is 4.11. The zero-order valence-corrected chi connectivity index (χ0v) is 12.7. The first-order chi connectivity index (χ1) is 10.9. The van der Waals surface area contributed by atoms with Gasteiger partial charge in [-0.25, -0.2) is 9.97 Å². The van der Waals surface area contributed by atoms with Crippen LogP contribution in [0.4, 0.5) is 19.0 Å². The van der Waals surface area contributed by atoms with E-state index in [4.69, 9.17) is 5.73 Å². The number of aromatic nitrogens is 5. The number of nitrogens with zero attached hydrogens (tertiary/aromatic N) is 5. The van der Waals surface area contributed by atoms with Gasteiger partial charge in [0.1, 0.15) is 11.6 Å². The Hall–Kier alpha value is -2.36. The molecule has 2 aromatic heterocycles. The van der Waals surface area contributed by atoms with Crippen molar-refractivity contribution in [2.75, 3.05) is 5.73 Å². The molecule has 0 atom stereocenters. The second-order valence-electron chi connectivity index (χ2n) is 4.69. The normalized spacial score (nSPS) is 12.0. The minimum Gasteiger partial charge on any atom is -0.383 e. The fourth-order valence-electron chi connectivity index (χ4n) is 2.03. The summed E-state index contributed by atoms with van der Waals surface area (Å²) in [6, 6.07) is 7.25. The van der Waals surface area contributed by atoms with Gasteiger partial charge in [0.15, 0.2) is 5.16 Å². The van der Waals surface area contributed by atoms with Crippen molar-refractivity contribution < 1.29 is 13.2 Å². The third-order valence-electron chi connectivity index (χ3n) is 3.10. The number of rotatable bonds is 3. The van der Waals surface area contributed by atoms with E-state index in [0.29, 0.717) is 17.2 Å². The Morgan fingerprint density at radius 3 is 2.61 bits per heavy atom. The summed E-state index contributed by atoms with van der Waals surface area (Å²) in [6.45, 7) is 0. The molecule has 0 aliphatic heterocycles. The summed E-state index contributed by atoms with van der Waals surface area (Å²) in [7, 11) is 1.26. The maximum atomic E-state index is 12.7. The van der Waals surface area contributed by atoms with Gasteiger partial charge in [0.25, 0.3) is 0 Å². The number of alkyl halides is 3. The fraction of sp³-hybridized carbons (Fsp3) is 0.231. The van der Waals surface area contributed by atoms with E-state index in [2.05, 4.69) is 20.2 Å². The Morgan fingerprint density at radius 2 is 1.91 bits per heavy atom. The van der Waals surface area contributed by atoms with Crippen LogP contribution in [0.3, 0.4) is 0 Å². The second-order valence-corrected chi connectivity index (χ2v) is 5.64. The average molecular weight is 340 g/mol. The van der Waals surface area contributed by atoms with E-state index in [0.717, 1.165) is 21.7 Å². The van der Waals surface area contributed by atoms with Gasteiger partial charge >= 0.3 is 6.18 Å². The third kappa shape index (κ3) is 3.07. The van der Waals surface area contributed by atoms with E-state index in [-0.39, 0.29) is 10.9 Å². The summed E-state index contributed by atoms with van der Waals surface area (Å²) >= 11 is 1.06. The molecule has 0 fully saturated rings. The highest BCUT2D eigenvalue weighted by Gasteiger charge is 2.37. The van der Waals surface area contributed by atoms with Crippen LogP contribution in [-0.4, -0.2) is 24.7 Å². The highest BCUT2D eigenvalue weighted by atomic mass is 32.2. The lowest BCUT2D eigenvalue weighted by Gasteiger charge is -2.07. The number of benzene rings is 1. The molecule has 0 aliphatic rings. The maximum absolute atomic E-state index is 12.7. The van der Waals surface area contributed by atoms with E-state index in [9.17, 15) is 13.2 Å². The molecule has 0 radical (unpaired) electrons. The summed E-state index contributed by atoms with van der Waals surface area (Å²) < 4.78 is 38.9. The quantitative estimate of drug-likeness (QED) is 0.738. The summed E-state index contributed by atoms with van der Waals surface area (Å²) in [6.07, 6.45) is -4.54. The van der Waals surface area contributed by atoms with Crippen LogP contribution in [0.15, 0.2) is 29.4 Å². The SMILES string of the molecule is Cn1c(SCc2nc(N)c3ccccc3n2)nnc1C(F)(F)F. The monoisotopic (exact) mass is 340 g/mol. The van der Waals surface area contributed by atoms with Crippen molar-refractivity contribution in [3.05, 3.63) is 35.9 Å². The number of nitrogen functional groups attached to an aromatic ring is 1. The van der Waals surface area contributed by atoms with Crippen LogP contribution in [0.25, 0.3) is 10.9 Å². The second kappa shape index (κ2) is 5.69. The zero-order valence-electron chi connectivity index (χ0n) is 11.9. The van der Waals surface area contributed by atoms with Gasteiger partial charge in [-0.1, -0.05) is 23.9 Å². The topological polar surface area (TPSA) is 82.5 Å². The van der Waals surface area contributed by atoms with Gasteiger partial charge in [-0.05, 0) is 12.1 Å². The summed E-state index contributed by atoms with van der Waals surface area (Å²) in [5.41, 5.74) is 6.56. The van der Waals surface area contributed by atoms with Gasteiger partial charge < -0.3 is 10.3 Å². The Kier molecular flexibility index (Phi) is 3.84. The number of nitrogens with two attached hydrogens (primary N) is 1. The Balaban J connectivity index is 1.83. The average Bonchev–Trinajstić information content (AvgIpc) is 2.86. The minimum absolute atomic E-state index is 0.132. The largest absolute Gasteiger partial charge is 0.451 e. The van der Waals surface area contributed by atoms with Gasteiger partial charge in [0.05, 0.1) is 11.3 Å². The number of halogens is 3. The van der Waals surface area contributed by atoms with E-state index in [1.165, 1.54) is 7.05 Å². The molecule has 0 bridgehead atoms. The summed E-state index contributed by atoms with van der Waals surface area (Å²) in [5.74, 6) is -0.0550. The van der Waals surface area contributed by atoms with Crippen molar-refractivity contribution >= 4 is 28.5 Å². The zero-order chi connectivity index (χ0) is 16.6. The molecule has 0 saturated carbocycles. The highest BCUT2D eigenvalue weighted by molar-refractivity contribution is 7.98. The van der Waals surface area contributed by atoms with Crippen LogP contribution in [0.5, 0.6) is 0 Å². The number of anilines is 1. The molecule has 2 N–H and O–H groups in total. The van der Waals surface area contributed by atoms with E-state index in [1.54, 1.807) is 12.1 Å². The molecule has 0 aliphatic carbocycles. The number of thioether (sulfide) groups is 1. The number of hydrogen-bond donors (Lipinski definition) is 1. The molecular formula is C13H11F3N6S. The predicted octanol–water partition coefficient (Wildman–Crippen LogP) is 2.65. The molecule has 1 aromatic carbocycles. The van der Waals surface area contributed by atoms with Gasteiger partial charge in [0.2, 0.25) is 5.82 Å². The van der Waals surface area contributed by atoms with Crippen molar-refractivity contribution in [1.82, 2.24) is 24.7 Å². The Morgan fingerprint density at radius 1 is 1.17 bits per heavy atom. The van der Waals surface area contributed by atoms with Crippen LogP contribution in [-0.2, 0) is 19.0 Å². The molecular weight excluding hydrogens is 329 g/mol. The minimum atomic E-state index is -4.54. The first-order valence-corrected chi connectivity index (χ1v) is 7.45. The summed E-state index contributed by atoms with van der Waals surface area (Å²) in [5, 5.41) is 7.59. The molecule has 6 nitrogen and oxygen atoms in total. The molecule has 120 valence electrons. The fourth-order valence-corrected chi connectivity index (χ4v) is 2.80. The molecule has 0 spiro atoms. The molecule has 0 saturated heterocycles. The van der Waals surface area contributed by atoms with E-state index < -0.39 is 12.0 Å². The first-order valence-electron chi connectivity index (χ1n) is 6.47. The molecule has 23 heavy (non-hydrogen) atoms. The Labute approximate surface area is 132 Å². The predicted molar refractivity (Wildman–Crippen MR) is 79.5 cm³/mol. The van der Waals surface area contributed by atoms with Crippen molar-refractivity contribution in [3.8, 4) is 0 Å². The summed E-state index contributed by atoms with van der Waals surface area (Å²) in [4.78, 5) is 8.51. The molecule has 0 amide bonds. The van der Waals surface area contributed by atoms with Crippen molar-refractivity contribution in [1.29, 1.82) is 0 Å². The lowest BCUT2D eigenvalue weighted by molar-refractivity contribution is -0.147. The number of fused-ring (bicyclic) bond motifs is 1. The highest BCUT2D eigenvalue weighted by Crippen LogP contribution is 2.30. The van der Waals surface area contributed by atoms with Crippen LogP contribution < -0.4 is 5.73 Å².